The Bertz CT molecular complexity index is 709. The van der Waals surface area contributed by atoms with Crippen LogP contribution in [0, 0.1) is 0 Å². The Morgan fingerprint density at radius 2 is 1.73 bits per heavy atom. The molecule has 1 amide bonds. The quantitative estimate of drug-likeness (QED) is 0.612. The first-order valence-corrected chi connectivity index (χ1v) is 11.9. The van der Waals surface area contributed by atoms with Crippen molar-refractivity contribution >= 4 is 23.7 Å². The highest BCUT2D eigenvalue weighted by Gasteiger charge is 2.27. The van der Waals surface area contributed by atoms with E-state index in [1.165, 1.54) is 19.3 Å². The second-order valence-electron chi connectivity index (χ2n) is 7.77. The van der Waals surface area contributed by atoms with Crippen LogP contribution in [0.5, 0.6) is 17.2 Å². The standard InChI is InChI=1S/C23H34N2O4S/c1-27-20-14-18(15-21(28-2)23(20)29-3)8-9-22(26)25-12-7-13-30-17-19(25)16-24-10-5-4-6-11-24/h8-9,14-15,19H,4-7,10-13,16-17H2,1-3H3/b9-8+. The van der Waals surface area contributed by atoms with Gasteiger partial charge >= 0.3 is 0 Å². The maximum absolute atomic E-state index is 13.1. The van der Waals surface area contributed by atoms with Gasteiger partial charge in [-0.25, -0.2) is 0 Å². The molecule has 2 aliphatic rings. The Labute approximate surface area is 184 Å². The van der Waals surface area contributed by atoms with E-state index in [0.717, 1.165) is 49.7 Å². The summed E-state index contributed by atoms with van der Waals surface area (Å²) >= 11 is 1.97. The van der Waals surface area contributed by atoms with Gasteiger partial charge in [0.1, 0.15) is 0 Å². The number of carbonyl (C=O) groups excluding carboxylic acids is 1. The van der Waals surface area contributed by atoms with Crippen LogP contribution < -0.4 is 14.2 Å². The van der Waals surface area contributed by atoms with Crippen molar-refractivity contribution in [2.75, 3.05) is 59.0 Å². The van der Waals surface area contributed by atoms with Gasteiger partial charge in [0, 0.05) is 24.9 Å². The second kappa shape index (κ2) is 11.5. The zero-order valence-electron chi connectivity index (χ0n) is 18.4. The molecule has 1 atom stereocenters. The SMILES string of the molecule is COc1cc(/C=C/C(=O)N2CCCSCC2CN2CCCCC2)cc(OC)c1OC. The van der Waals surface area contributed by atoms with Crippen molar-refractivity contribution in [3.8, 4) is 17.2 Å². The van der Waals surface area contributed by atoms with Crippen molar-refractivity contribution < 1.29 is 19.0 Å². The van der Waals surface area contributed by atoms with E-state index in [4.69, 9.17) is 14.2 Å². The monoisotopic (exact) mass is 434 g/mol. The van der Waals surface area contributed by atoms with E-state index in [1.807, 2.05) is 30.0 Å². The van der Waals surface area contributed by atoms with E-state index in [-0.39, 0.29) is 11.9 Å². The Kier molecular flexibility index (Phi) is 8.75. The van der Waals surface area contributed by atoms with Crippen LogP contribution >= 0.6 is 11.8 Å². The van der Waals surface area contributed by atoms with E-state index < -0.39 is 0 Å². The molecular weight excluding hydrogens is 400 g/mol. The van der Waals surface area contributed by atoms with Crippen LogP contribution in [0.1, 0.15) is 31.2 Å². The molecule has 0 N–H and O–H groups in total. The summed E-state index contributed by atoms with van der Waals surface area (Å²) in [5, 5.41) is 0. The summed E-state index contributed by atoms with van der Waals surface area (Å²) in [5.74, 6) is 3.93. The molecule has 2 fully saturated rings. The number of methoxy groups -OCH3 is 3. The molecule has 0 aromatic heterocycles. The number of amides is 1. The van der Waals surface area contributed by atoms with E-state index in [0.29, 0.717) is 17.2 Å². The van der Waals surface area contributed by atoms with Gasteiger partial charge in [-0.2, -0.15) is 11.8 Å². The summed E-state index contributed by atoms with van der Waals surface area (Å²) in [6, 6.07) is 3.98. The average molecular weight is 435 g/mol. The summed E-state index contributed by atoms with van der Waals surface area (Å²) in [6.45, 7) is 4.12. The van der Waals surface area contributed by atoms with Crippen LogP contribution in [0.25, 0.3) is 6.08 Å². The Balaban J connectivity index is 1.74. The Morgan fingerprint density at radius 1 is 1.03 bits per heavy atom. The van der Waals surface area contributed by atoms with Crippen LogP contribution in [0.2, 0.25) is 0 Å². The van der Waals surface area contributed by atoms with Gasteiger partial charge in [0.05, 0.1) is 27.4 Å². The van der Waals surface area contributed by atoms with E-state index in [1.54, 1.807) is 27.4 Å². The Hall–Kier alpha value is -1.86. The molecule has 166 valence electrons. The highest BCUT2D eigenvalue weighted by atomic mass is 32.2. The van der Waals surface area contributed by atoms with Gasteiger partial charge in [-0.3, -0.25) is 4.79 Å². The molecule has 1 aromatic rings. The molecule has 3 rings (SSSR count). The van der Waals surface area contributed by atoms with E-state index in [2.05, 4.69) is 9.80 Å². The van der Waals surface area contributed by atoms with Crippen molar-refractivity contribution in [3.63, 3.8) is 0 Å². The fourth-order valence-electron chi connectivity index (χ4n) is 4.17. The van der Waals surface area contributed by atoms with Crippen LogP contribution in [0.15, 0.2) is 18.2 Å². The van der Waals surface area contributed by atoms with Crippen LogP contribution in [0.4, 0.5) is 0 Å². The molecule has 7 heteroatoms. The van der Waals surface area contributed by atoms with Crippen molar-refractivity contribution in [1.29, 1.82) is 0 Å². The molecule has 2 aliphatic heterocycles. The number of ether oxygens (including phenoxy) is 3. The summed E-state index contributed by atoms with van der Waals surface area (Å²) in [4.78, 5) is 17.7. The Morgan fingerprint density at radius 3 is 2.37 bits per heavy atom. The van der Waals surface area contributed by atoms with Gasteiger partial charge in [-0.05, 0) is 61.9 Å². The molecule has 0 aliphatic carbocycles. The van der Waals surface area contributed by atoms with Gasteiger partial charge in [-0.1, -0.05) is 6.42 Å². The fraction of sp³-hybridized carbons (Fsp3) is 0.609. The van der Waals surface area contributed by atoms with Gasteiger partial charge in [0.25, 0.3) is 0 Å². The molecule has 2 saturated heterocycles. The molecule has 2 heterocycles. The third kappa shape index (κ3) is 5.85. The third-order valence-corrected chi connectivity index (χ3v) is 6.94. The third-order valence-electron chi connectivity index (χ3n) is 5.74. The molecule has 1 aromatic carbocycles. The fourth-order valence-corrected chi connectivity index (χ4v) is 5.23. The highest BCUT2D eigenvalue weighted by Crippen LogP contribution is 2.38. The topological polar surface area (TPSA) is 51.2 Å². The molecule has 1 unspecified atom stereocenters. The predicted molar refractivity (Wildman–Crippen MR) is 123 cm³/mol. The lowest BCUT2D eigenvalue weighted by molar-refractivity contribution is -0.128. The number of piperidine rings is 1. The lowest BCUT2D eigenvalue weighted by Gasteiger charge is -2.35. The summed E-state index contributed by atoms with van der Waals surface area (Å²) in [7, 11) is 4.77. The molecule has 0 bridgehead atoms. The lowest BCUT2D eigenvalue weighted by Crippen LogP contribution is -2.48. The van der Waals surface area contributed by atoms with Crippen LogP contribution in [-0.4, -0.2) is 80.8 Å². The van der Waals surface area contributed by atoms with Crippen LogP contribution in [0.3, 0.4) is 0 Å². The molecule has 30 heavy (non-hydrogen) atoms. The molecule has 6 nitrogen and oxygen atoms in total. The molecular formula is C23H34N2O4S. The minimum Gasteiger partial charge on any atom is -0.493 e. The first-order valence-electron chi connectivity index (χ1n) is 10.7. The smallest absolute Gasteiger partial charge is 0.246 e. The number of likely N-dealkylation sites (tertiary alicyclic amines) is 1. The van der Waals surface area contributed by atoms with E-state index in [9.17, 15) is 4.79 Å². The number of benzene rings is 1. The maximum atomic E-state index is 13.1. The lowest BCUT2D eigenvalue weighted by atomic mass is 10.1. The zero-order valence-corrected chi connectivity index (χ0v) is 19.2. The number of carbonyl (C=O) groups is 1. The minimum atomic E-state index is 0.0771. The second-order valence-corrected chi connectivity index (χ2v) is 8.92. The summed E-state index contributed by atoms with van der Waals surface area (Å²) in [6.07, 6.45) is 8.44. The zero-order chi connectivity index (χ0) is 21.3. The minimum absolute atomic E-state index is 0.0771. The van der Waals surface area contributed by atoms with Crippen molar-refractivity contribution in [3.05, 3.63) is 23.8 Å². The number of hydrogen-bond donors (Lipinski definition) is 0. The van der Waals surface area contributed by atoms with Crippen molar-refractivity contribution in [1.82, 2.24) is 9.80 Å². The number of rotatable bonds is 7. The summed E-state index contributed by atoms with van der Waals surface area (Å²) < 4.78 is 16.2. The highest BCUT2D eigenvalue weighted by molar-refractivity contribution is 7.99. The first-order chi connectivity index (χ1) is 14.7. The van der Waals surface area contributed by atoms with Crippen molar-refractivity contribution in [2.45, 2.75) is 31.7 Å². The number of hydrogen-bond acceptors (Lipinski definition) is 6. The molecule has 0 radical (unpaired) electrons. The number of nitrogens with zero attached hydrogens (tertiary/aromatic N) is 2. The van der Waals surface area contributed by atoms with Crippen molar-refractivity contribution in [2.24, 2.45) is 0 Å². The normalized spacial score (nSPS) is 20.8. The number of thioether (sulfide) groups is 1. The first kappa shape index (κ1) is 22.8. The van der Waals surface area contributed by atoms with Gasteiger partial charge in [0.2, 0.25) is 11.7 Å². The van der Waals surface area contributed by atoms with Gasteiger partial charge in [-0.15, -0.1) is 0 Å². The van der Waals surface area contributed by atoms with E-state index >= 15 is 0 Å². The van der Waals surface area contributed by atoms with Gasteiger partial charge < -0.3 is 24.0 Å². The average Bonchev–Trinajstić information content (AvgIpc) is 3.02. The predicted octanol–water partition coefficient (Wildman–Crippen LogP) is 3.55. The van der Waals surface area contributed by atoms with Crippen LogP contribution in [-0.2, 0) is 4.79 Å². The molecule has 0 saturated carbocycles. The summed E-state index contributed by atoms with van der Waals surface area (Å²) in [5.41, 5.74) is 0.842. The van der Waals surface area contributed by atoms with Gasteiger partial charge in [0.15, 0.2) is 11.5 Å². The largest absolute Gasteiger partial charge is 0.493 e. The molecule has 0 spiro atoms. The maximum Gasteiger partial charge on any atom is 0.246 e.